The van der Waals surface area contributed by atoms with Crippen LogP contribution in [0.15, 0.2) is 0 Å². The lowest BCUT2D eigenvalue weighted by molar-refractivity contribution is -0.144. The van der Waals surface area contributed by atoms with Gasteiger partial charge in [0.05, 0.1) is 7.11 Å². The molecule has 2 aliphatic carbocycles. The number of nitrogens with zero attached hydrogens (tertiary/aromatic N) is 1. The fourth-order valence-corrected chi connectivity index (χ4v) is 3.66. The van der Waals surface area contributed by atoms with Crippen molar-refractivity contribution in [2.75, 3.05) is 27.7 Å². The van der Waals surface area contributed by atoms with E-state index in [0.29, 0.717) is 5.92 Å². The van der Waals surface area contributed by atoms with Crippen molar-refractivity contribution in [3.63, 3.8) is 0 Å². The largest absolute Gasteiger partial charge is 0.468 e. The van der Waals surface area contributed by atoms with Crippen LogP contribution in [-0.4, -0.2) is 50.2 Å². The molecule has 4 heteroatoms. The highest BCUT2D eigenvalue weighted by molar-refractivity contribution is 5.76. The molecule has 0 aliphatic heterocycles. The molecule has 2 fully saturated rings. The number of esters is 1. The van der Waals surface area contributed by atoms with E-state index in [-0.39, 0.29) is 17.6 Å². The molecule has 0 aromatic rings. The topological polar surface area (TPSA) is 41.6 Å². The van der Waals surface area contributed by atoms with Crippen molar-refractivity contribution in [3.8, 4) is 0 Å². The number of rotatable bonds is 6. The molecule has 0 saturated heterocycles. The summed E-state index contributed by atoms with van der Waals surface area (Å²) >= 11 is 0. The Labute approximate surface area is 123 Å². The molecule has 3 atom stereocenters. The Morgan fingerprint density at radius 1 is 1.40 bits per heavy atom. The fourth-order valence-electron chi connectivity index (χ4n) is 3.66. The van der Waals surface area contributed by atoms with Crippen molar-refractivity contribution < 1.29 is 9.53 Å². The lowest BCUT2D eigenvalue weighted by Crippen LogP contribution is -2.57. The van der Waals surface area contributed by atoms with Gasteiger partial charge in [0.15, 0.2) is 0 Å². The third-order valence-electron chi connectivity index (χ3n) is 5.22. The van der Waals surface area contributed by atoms with Crippen molar-refractivity contribution in [2.24, 2.45) is 11.8 Å². The van der Waals surface area contributed by atoms with E-state index in [0.717, 1.165) is 25.3 Å². The van der Waals surface area contributed by atoms with E-state index in [4.69, 9.17) is 4.74 Å². The first-order valence-corrected chi connectivity index (χ1v) is 7.97. The fraction of sp³-hybridized carbons (Fsp3) is 0.938. The molecule has 116 valence electrons. The number of carbonyl (C=O) groups excluding carboxylic acids is 1. The van der Waals surface area contributed by atoms with Gasteiger partial charge in [0.1, 0.15) is 6.04 Å². The predicted octanol–water partition coefficient (Wildman–Crippen LogP) is 2.04. The maximum atomic E-state index is 11.9. The molecule has 2 saturated carbocycles. The van der Waals surface area contributed by atoms with Crippen LogP contribution in [-0.2, 0) is 9.53 Å². The molecule has 0 spiro atoms. The molecular weight excluding hydrogens is 252 g/mol. The zero-order valence-electron chi connectivity index (χ0n) is 13.4. The molecule has 0 radical (unpaired) electrons. The Kier molecular flexibility index (Phi) is 5.08. The molecule has 2 rings (SSSR count). The molecular formula is C16H30N2O2. The summed E-state index contributed by atoms with van der Waals surface area (Å²) in [7, 11) is 5.83. The molecule has 0 aromatic carbocycles. The Hall–Kier alpha value is -0.610. The summed E-state index contributed by atoms with van der Waals surface area (Å²) < 4.78 is 4.95. The second-order valence-electron chi connectivity index (χ2n) is 7.04. The van der Waals surface area contributed by atoms with Crippen LogP contribution in [0.3, 0.4) is 0 Å². The summed E-state index contributed by atoms with van der Waals surface area (Å²) in [5.41, 5.74) is 0.193. The van der Waals surface area contributed by atoms with Gasteiger partial charge in [0.2, 0.25) is 0 Å². The highest BCUT2D eigenvalue weighted by Gasteiger charge is 2.41. The maximum absolute atomic E-state index is 11.9. The first-order chi connectivity index (χ1) is 9.48. The normalized spacial score (nSPS) is 32.1. The van der Waals surface area contributed by atoms with Crippen molar-refractivity contribution in [2.45, 2.75) is 57.0 Å². The van der Waals surface area contributed by atoms with Gasteiger partial charge in [-0.15, -0.1) is 0 Å². The molecule has 3 unspecified atom stereocenters. The van der Waals surface area contributed by atoms with Crippen LogP contribution < -0.4 is 5.32 Å². The smallest absolute Gasteiger partial charge is 0.323 e. The lowest BCUT2D eigenvalue weighted by Gasteiger charge is -2.46. The van der Waals surface area contributed by atoms with Gasteiger partial charge in [-0.2, -0.15) is 0 Å². The Bertz CT molecular complexity index is 341. The van der Waals surface area contributed by atoms with Gasteiger partial charge >= 0.3 is 5.97 Å². The van der Waals surface area contributed by atoms with Gasteiger partial charge in [0, 0.05) is 12.1 Å². The highest BCUT2D eigenvalue weighted by Crippen LogP contribution is 2.37. The zero-order chi connectivity index (χ0) is 14.8. The molecule has 0 bridgehead atoms. The minimum absolute atomic E-state index is 0.0923. The van der Waals surface area contributed by atoms with E-state index in [1.807, 2.05) is 0 Å². The van der Waals surface area contributed by atoms with Gasteiger partial charge in [-0.3, -0.25) is 4.79 Å². The molecule has 0 heterocycles. The van der Waals surface area contributed by atoms with Crippen molar-refractivity contribution >= 4 is 5.97 Å². The zero-order valence-corrected chi connectivity index (χ0v) is 13.4. The summed E-state index contributed by atoms with van der Waals surface area (Å²) in [4.78, 5) is 14.3. The molecule has 20 heavy (non-hydrogen) atoms. The quantitative estimate of drug-likeness (QED) is 0.757. The standard InChI is InChI=1S/C16H30N2O2/c1-12-6-5-9-16(10-12,18(2)3)11-17-14(13-7-8-13)15(19)20-4/h12-14,17H,5-11H2,1-4H3. The molecule has 0 amide bonds. The predicted molar refractivity (Wildman–Crippen MR) is 80.6 cm³/mol. The summed E-state index contributed by atoms with van der Waals surface area (Å²) in [6.45, 7) is 3.23. The second-order valence-corrected chi connectivity index (χ2v) is 7.04. The van der Waals surface area contributed by atoms with E-state index >= 15 is 0 Å². The summed E-state index contributed by atoms with van der Waals surface area (Å²) in [5, 5.41) is 3.53. The number of nitrogens with one attached hydrogen (secondary N) is 1. The second kappa shape index (κ2) is 6.44. The summed E-state index contributed by atoms with van der Waals surface area (Å²) in [6.07, 6.45) is 7.35. The van der Waals surface area contributed by atoms with Crippen molar-refractivity contribution in [1.29, 1.82) is 0 Å². The highest BCUT2D eigenvalue weighted by atomic mass is 16.5. The third kappa shape index (κ3) is 3.53. The number of ether oxygens (including phenoxy) is 1. The Morgan fingerprint density at radius 2 is 2.10 bits per heavy atom. The summed E-state index contributed by atoms with van der Waals surface area (Å²) in [6, 6.07) is -0.103. The van der Waals surface area contributed by atoms with E-state index in [2.05, 4.69) is 31.2 Å². The van der Waals surface area contributed by atoms with Gasteiger partial charge in [-0.1, -0.05) is 19.8 Å². The van der Waals surface area contributed by atoms with Gasteiger partial charge in [0.25, 0.3) is 0 Å². The van der Waals surface area contributed by atoms with Gasteiger partial charge in [-0.25, -0.2) is 0 Å². The SMILES string of the molecule is COC(=O)C(NCC1(N(C)C)CCCC(C)C1)C1CC1. The Balaban J connectivity index is 1.99. The average Bonchev–Trinajstić information content (AvgIpc) is 3.23. The van der Waals surface area contributed by atoms with Crippen LogP contribution >= 0.6 is 0 Å². The van der Waals surface area contributed by atoms with Crippen LogP contribution in [0.4, 0.5) is 0 Å². The number of hydrogen-bond acceptors (Lipinski definition) is 4. The molecule has 0 aromatic heterocycles. The van der Waals surface area contributed by atoms with E-state index in [1.54, 1.807) is 0 Å². The molecule has 4 nitrogen and oxygen atoms in total. The van der Waals surface area contributed by atoms with Crippen molar-refractivity contribution in [3.05, 3.63) is 0 Å². The third-order valence-corrected chi connectivity index (χ3v) is 5.22. The number of carbonyl (C=O) groups is 1. The summed E-state index contributed by atoms with van der Waals surface area (Å²) in [5.74, 6) is 1.17. The Morgan fingerprint density at radius 3 is 2.60 bits per heavy atom. The van der Waals surface area contributed by atoms with Crippen LogP contribution in [0, 0.1) is 11.8 Å². The van der Waals surface area contributed by atoms with Crippen molar-refractivity contribution in [1.82, 2.24) is 10.2 Å². The average molecular weight is 282 g/mol. The van der Waals surface area contributed by atoms with Crippen LogP contribution in [0.1, 0.15) is 45.4 Å². The first kappa shape index (κ1) is 15.8. The number of methoxy groups -OCH3 is 1. The van der Waals surface area contributed by atoms with Crippen LogP contribution in [0.25, 0.3) is 0 Å². The minimum Gasteiger partial charge on any atom is -0.468 e. The van der Waals surface area contributed by atoms with Gasteiger partial charge < -0.3 is 15.0 Å². The van der Waals surface area contributed by atoms with E-state index in [9.17, 15) is 4.79 Å². The van der Waals surface area contributed by atoms with E-state index < -0.39 is 0 Å². The molecule has 1 N–H and O–H groups in total. The minimum atomic E-state index is -0.103. The van der Waals surface area contributed by atoms with Crippen LogP contribution in [0.2, 0.25) is 0 Å². The monoisotopic (exact) mass is 282 g/mol. The number of hydrogen-bond donors (Lipinski definition) is 1. The first-order valence-electron chi connectivity index (χ1n) is 7.97. The maximum Gasteiger partial charge on any atom is 0.323 e. The van der Waals surface area contributed by atoms with E-state index in [1.165, 1.54) is 32.8 Å². The molecule has 2 aliphatic rings. The van der Waals surface area contributed by atoms with Gasteiger partial charge in [-0.05, 0) is 51.6 Å². The lowest BCUT2D eigenvalue weighted by atomic mass is 9.75. The van der Waals surface area contributed by atoms with Crippen LogP contribution in [0.5, 0.6) is 0 Å². The number of likely N-dealkylation sites (N-methyl/N-ethyl adjacent to an activating group) is 1.